The highest BCUT2D eigenvalue weighted by Crippen LogP contribution is 2.50. The molecule has 0 saturated heterocycles. The summed E-state index contributed by atoms with van der Waals surface area (Å²) in [6.07, 6.45) is 2.55. The van der Waals surface area contributed by atoms with E-state index < -0.39 is 11.4 Å². The maximum Gasteiger partial charge on any atom is 0.335 e. The van der Waals surface area contributed by atoms with Crippen LogP contribution in [0, 0.1) is 6.92 Å². The minimum atomic E-state index is -0.959. The minimum absolute atomic E-state index is 0. The fraction of sp³-hybridized carbons (Fsp3) is 0.231. The van der Waals surface area contributed by atoms with Gasteiger partial charge in [0.1, 0.15) is 5.75 Å². The van der Waals surface area contributed by atoms with Crippen molar-refractivity contribution >= 4 is 17.6 Å². The number of aromatic carboxylic acids is 1. The average Bonchev–Trinajstić information content (AvgIpc) is 3.46. The molecular weight excluding hydrogens is 390 g/mol. The molecule has 0 spiro atoms. The molecule has 1 aliphatic carbocycles. The molecule has 5 rings (SSSR count). The number of anilines is 1. The summed E-state index contributed by atoms with van der Waals surface area (Å²) in [5.41, 5.74) is 5.43. The summed E-state index contributed by atoms with van der Waals surface area (Å²) in [7, 11) is 0. The summed E-state index contributed by atoms with van der Waals surface area (Å²) in [4.78, 5) is 24.6. The normalized spacial score (nSPS) is 15.6. The van der Waals surface area contributed by atoms with Crippen molar-refractivity contribution in [3.8, 4) is 16.9 Å². The van der Waals surface area contributed by atoms with E-state index in [2.05, 4.69) is 11.4 Å². The molecule has 0 radical (unpaired) electrons. The maximum absolute atomic E-state index is 13.3. The number of fused-ring (bicyclic) bond motifs is 1. The summed E-state index contributed by atoms with van der Waals surface area (Å²) in [5, 5.41) is 12.4. The lowest BCUT2D eigenvalue weighted by Crippen LogP contribution is -2.27. The van der Waals surface area contributed by atoms with E-state index >= 15 is 0 Å². The SMILES string of the molecule is Cc1ccc(NC(=O)C2(c3ccc4c(c3)CCO4)CC2)cc1-c1cccc(C(=O)O)c1.[HH]. The van der Waals surface area contributed by atoms with Gasteiger partial charge in [-0.2, -0.15) is 0 Å². The summed E-state index contributed by atoms with van der Waals surface area (Å²) >= 11 is 0. The van der Waals surface area contributed by atoms with Crippen molar-refractivity contribution in [2.45, 2.75) is 31.6 Å². The Balaban J connectivity index is 0.00000245. The number of hydrogen-bond acceptors (Lipinski definition) is 3. The second kappa shape index (κ2) is 7.27. The second-order valence-corrected chi connectivity index (χ2v) is 8.37. The third-order valence-corrected chi connectivity index (χ3v) is 6.34. The number of hydrogen-bond donors (Lipinski definition) is 2. The smallest absolute Gasteiger partial charge is 0.335 e. The van der Waals surface area contributed by atoms with E-state index in [0.717, 1.165) is 47.3 Å². The molecule has 1 aliphatic heterocycles. The Bertz CT molecular complexity index is 1220. The van der Waals surface area contributed by atoms with Gasteiger partial charge in [0, 0.05) is 13.5 Å². The monoisotopic (exact) mass is 415 g/mol. The molecule has 1 heterocycles. The van der Waals surface area contributed by atoms with Gasteiger partial charge in [0.2, 0.25) is 5.91 Å². The third kappa shape index (κ3) is 3.46. The van der Waals surface area contributed by atoms with Gasteiger partial charge in [0.05, 0.1) is 17.6 Å². The number of carbonyl (C=O) groups is 2. The Labute approximate surface area is 182 Å². The molecule has 2 N–H and O–H groups in total. The number of nitrogens with one attached hydrogen (secondary N) is 1. The van der Waals surface area contributed by atoms with Crippen LogP contribution in [-0.4, -0.2) is 23.6 Å². The molecule has 5 heteroatoms. The van der Waals surface area contributed by atoms with Crippen LogP contribution in [0.4, 0.5) is 5.69 Å². The maximum atomic E-state index is 13.3. The molecule has 31 heavy (non-hydrogen) atoms. The highest BCUT2D eigenvalue weighted by molar-refractivity contribution is 6.02. The van der Waals surface area contributed by atoms with Crippen molar-refractivity contribution in [1.29, 1.82) is 0 Å². The van der Waals surface area contributed by atoms with Crippen molar-refractivity contribution in [2.75, 3.05) is 11.9 Å². The van der Waals surface area contributed by atoms with E-state index in [0.29, 0.717) is 12.3 Å². The van der Waals surface area contributed by atoms with Gasteiger partial charge in [-0.3, -0.25) is 4.79 Å². The Morgan fingerprint density at radius 3 is 2.68 bits per heavy atom. The molecule has 3 aromatic carbocycles. The van der Waals surface area contributed by atoms with Crippen LogP contribution in [0.3, 0.4) is 0 Å². The quantitative estimate of drug-likeness (QED) is 0.600. The standard InChI is InChI=1S/C26H23NO4.H2/c1-16-5-7-21(15-22(16)17-3-2-4-19(13-17)24(28)29)27-25(30)26(10-11-26)20-6-8-23-18(14-20)9-12-31-23;/h2-8,13-15H,9-12H2,1H3,(H,27,30)(H,28,29);1H. The highest BCUT2D eigenvalue weighted by atomic mass is 16.5. The summed E-state index contributed by atoms with van der Waals surface area (Å²) in [5.74, 6) is -0.0356. The minimum Gasteiger partial charge on any atom is -0.493 e. The van der Waals surface area contributed by atoms with Crippen LogP contribution in [-0.2, 0) is 16.6 Å². The van der Waals surface area contributed by atoms with Crippen LogP contribution in [0.1, 0.15) is 41.3 Å². The number of amides is 1. The number of aryl methyl sites for hydroxylation is 1. The predicted octanol–water partition coefficient (Wildman–Crippen LogP) is 5.21. The van der Waals surface area contributed by atoms with Crippen LogP contribution in [0.5, 0.6) is 5.75 Å². The largest absolute Gasteiger partial charge is 0.493 e. The van der Waals surface area contributed by atoms with Crippen molar-refractivity contribution in [2.24, 2.45) is 0 Å². The third-order valence-electron chi connectivity index (χ3n) is 6.34. The van der Waals surface area contributed by atoms with Crippen LogP contribution < -0.4 is 10.1 Å². The summed E-state index contributed by atoms with van der Waals surface area (Å²) in [6.45, 7) is 2.68. The number of rotatable bonds is 5. The zero-order valence-electron chi connectivity index (χ0n) is 17.3. The Morgan fingerprint density at radius 1 is 1.06 bits per heavy atom. The van der Waals surface area contributed by atoms with Gasteiger partial charge < -0.3 is 15.2 Å². The number of carboxylic acids is 1. The molecule has 3 aromatic rings. The number of carboxylic acid groups (broad SMARTS) is 1. The highest BCUT2D eigenvalue weighted by Gasteiger charge is 2.51. The van der Waals surface area contributed by atoms with Gasteiger partial charge in [0.15, 0.2) is 0 Å². The molecule has 5 nitrogen and oxygen atoms in total. The number of benzene rings is 3. The van der Waals surface area contributed by atoms with Crippen molar-refractivity contribution < 1.29 is 20.9 Å². The molecule has 2 aliphatic rings. The van der Waals surface area contributed by atoms with E-state index in [4.69, 9.17) is 4.74 Å². The fourth-order valence-electron chi connectivity index (χ4n) is 4.34. The topological polar surface area (TPSA) is 75.6 Å². The number of ether oxygens (including phenoxy) is 1. The second-order valence-electron chi connectivity index (χ2n) is 8.37. The summed E-state index contributed by atoms with van der Waals surface area (Å²) in [6, 6.07) is 18.7. The van der Waals surface area contributed by atoms with E-state index in [1.54, 1.807) is 18.2 Å². The van der Waals surface area contributed by atoms with Crippen LogP contribution in [0.2, 0.25) is 0 Å². The molecule has 0 aromatic heterocycles. The molecule has 1 amide bonds. The molecule has 0 bridgehead atoms. The molecular formula is C26H25NO4. The van der Waals surface area contributed by atoms with E-state index in [9.17, 15) is 14.7 Å². The van der Waals surface area contributed by atoms with Crippen molar-refractivity contribution in [3.05, 3.63) is 82.9 Å². The summed E-state index contributed by atoms with van der Waals surface area (Å²) < 4.78 is 5.59. The first-order valence-electron chi connectivity index (χ1n) is 10.5. The van der Waals surface area contributed by atoms with Gasteiger partial charge in [-0.1, -0.05) is 30.3 Å². The first kappa shape index (κ1) is 19.4. The Morgan fingerprint density at radius 2 is 1.90 bits per heavy atom. The zero-order chi connectivity index (χ0) is 21.6. The average molecular weight is 415 g/mol. The van der Waals surface area contributed by atoms with Gasteiger partial charge in [0.25, 0.3) is 0 Å². The molecule has 1 saturated carbocycles. The predicted molar refractivity (Wildman–Crippen MR) is 121 cm³/mol. The Hall–Kier alpha value is -3.60. The first-order chi connectivity index (χ1) is 15.0. The molecule has 1 fully saturated rings. The van der Waals surface area contributed by atoms with Crippen molar-refractivity contribution in [1.82, 2.24) is 0 Å². The lowest BCUT2D eigenvalue weighted by atomic mass is 9.92. The van der Waals surface area contributed by atoms with Gasteiger partial charge in [-0.15, -0.1) is 0 Å². The van der Waals surface area contributed by atoms with Crippen LogP contribution in [0.15, 0.2) is 60.7 Å². The van der Waals surface area contributed by atoms with Crippen LogP contribution in [0.25, 0.3) is 11.1 Å². The lowest BCUT2D eigenvalue weighted by Gasteiger charge is -2.18. The van der Waals surface area contributed by atoms with E-state index in [1.807, 2.05) is 43.3 Å². The zero-order valence-corrected chi connectivity index (χ0v) is 17.3. The molecule has 0 unspecified atom stereocenters. The van der Waals surface area contributed by atoms with E-state index in [1.165, 1.54) is 5.56 Å². The van der Waals surface area contributed by atoms with Gasteiger partial charge in [-0.05, 0) is 77.9 Å². The van der Waals surface area contributed by atoms with Gasteiger partial charge in [-0.25, -0.2) is 4.79 Å². The van der Waals surface area contributed by atoms with Gasteiger partial charge >= 0.3 is 5.97 Å². The van der Waals surface area contributed by atoms with Crippen LogP contribution >= 0.6 is 0 Å². The lowest BCUT2D eigenvalue weighted by molar-refractivity contribution is -0.118. The fourth-order valence-corrected chi connectivity index (χ4v) is 4.34. The van der Waals surface area contributed by atoms with Crippen molar-refractivity contribution in [3.63, 3.8) is 0 Å². The Kier molecular flexibility index (Phi) is 4.54. The van der Waals surface area contributed by atoms with E-state index in [-0.39, 0.29) is 12.9 Å². The first-order valence-corrected chi connectivity index (χ1v) is 10.5. The molecule has 0 atom stereocenters. The molecule has 158 valence electrons. The number of carbonyl (C=O) groups excluding carboxylic acids is 1.